The number of nitrogens with one attached hydrogen (secondary N) is 1. The zero-order chi connectivity index (χ0) is 20.4. The van der Waals surface area contributed by atoms with Gasteiger partial charge in [-0.15, -0.1) is 0 Å². The molecule has 5 nitrogen and oxygen atoms in total. The van der Waals surface area contributed by atoms with Gasteiger partial charge in [0.1, 0.15) is 0 Å². The Hall–Kier alpha value is -2.01. The number of nitrogens with zero attached hydrogens (tertiary/aromatic N) is 2. The summed E-state index contributed by atoms with van der Waals surface area (Å²) in [6.45, 7) is 12.4. The summed E-state index contributed by atoms with van der Waals surface area (Å²) in [6, 6.07) is 5.27. The Morgan fingerprint density at radius 3 is 2.54 bits per heavy atom. The van der Waals surface area contributed by atoms with Gasteiger partial charge in [-0.1, -0.05) is 32.0 Å². The van der Waals surface area contributed by atoms with Crippen LogP contribution in [0, 0.1) is 11.8 Å². The quantitative estimate of drug-likeness (QED) is 0.810. The minimum atomic E-state index is -0.0499. The molecule has 0 saturated carbocycles. The van der Waals surface area contributed by atoms with E-state index in [0.717, 1.165) is 44.6 Å². The van der Waals surface area contributed by atoms with Gasteiger partial charge in [-0.25, -0.2) is 0 Å². The number of amides is 2. The summed E-state index contributed by atoms with van der Waals surface area (Å²) in [5, 5.41) is 3.84. The Morgan fingerprint density at radius 1 is 1.21 bits per heavy atom. The molecule has 1 N–H and O–H groups in total. The maximum atomic E-state index is 13.3. The molecule has 0 unspecified atom stereocenters. The maximum Gasteiger partial charge on any atom is 0.256 e. The second kappa shape index (κ2) is 8.56. The first-order chi connectivity index (χ1) is 13.3. The molecule has 2 aliphatic rings. The molecule has 2 heterocycles. The number of likely N-dealkylation sites (tertiary alicyclic amines) is 2. The number of benzene rings is 1. The molecule has 1 aromatic rings. The highest BCUT2D eigenvalue weighted by Gasteiger charge is 2.31. The second-order valence-corrected chi connectivity index (χ2v) is 8.80. The highest BCUT2D eigenvalue weighted by Crippen LogP contribution is 2.30. The van der Waals surface area contributed by atoms with Crippen molar-refractivity contribution in [2.75, 3.05) is 25.0 Å². The first-order valence-electron chi connectivity index (χ1n) is 10.1. The minimum absolute atomic E-state index is 0.00829. The van der Waals surface area contributed by atoms with Crippen LogP contribution < -0.4 is 5.32 Å². The van der Waals surface area contributed by atoms with Gasteiger partial charge in [0, 0.05) is 37.3 Å². The normalized spacial score (nSPS) is 24.9. The Balaban J connectivity index is 1.82. The molecule has 2 fully saturated rings. The molecule has 3 rings (SSSR count). The zero-order valence-electron chi connectivity index (χ0n) is 17.0. The number of anilines is 1. The molecular weight excluding hydrogens is 374 g/mol. The molecule has 3 atom stereocenters. The molecule has 2 saturated heterocycles. The second-order valence-electron chi connectivity index (χ2n) is 8.37. The van der Waals surface area contributed by atoms with Gasteiger partial charge in [-0.2, -0.15) is 0 Å². The summed E-state index contributed by atoms with van der Waals surface area (Å²) in [5.74, 6) is 1.02. The van der Waals surface area contributed by atoms with Crippen molar-refractivity contribution in [2.24, 2.45) is 11.8 Å². The lowest BCUT2D eigenvalue weighted by atomic mass is 9.91. The van der Waals surface area contributed by atoms with Gasteiger partial charge in [0.15, 0.2) is 0 Å². The summed E-state index contributed by atoms with van der Waals surface area (Å²) in [7, 11) is 0. The molecule has 0 spiro atoms. The van der Waals surface area contributed by atoms with Gasteiger partial charge in [-0.3, -0.25) is 9.59 Å². The third-order valence-electron chi connectivity index (χ3n) is 5.72. The topological polar surface area (TPSA) is 52.7 Å². The number of rotatable bonds is 4. The number of hydrogen-bond acceptors (Lipinski definition) is 3. The predicted octanol–water partition coefficient (Wildman–Crippen LogP) is 4.39. The van der Waals surface area contributed by atoms with Crippen molar-refractivity contribution in [1.29, 1.82) is 0 Å². The summed E-state index contributed by atoms with van der Waals surface area (Å²) in [5.41, 5.74) is 1.99. The fraction of sp³-hybridized carbons (Fsp3) is 0.545. The average Bonchev–Trinajstić information content (AvgIpc) is 3.12. The first kappa shape index (κ1) is 20.7. The van der Waals surface area contributed by atoms with Gasteiger partial charge in [0.25, 0.3) is 5.91 Å². The minimum Gasteiger partial charge on any atom is -0.357 e. The van der Waals surface area contributed by atoms with Gasteiger partial charge in [0.05, 0.1) is 17.3 Å². The molecule has 1 aromatic carbocycles. The molecule has 0 bridgehead atoms. The summed E-state index contributed by atoms with van der Waals surface area (Å²) >= 11 is 6.21. The van der Waals surface area contributed by atoms with Crippen LogP contribution in [0.15, 0.2) is 30.5 Å². The van der Waals surface area contributed by atoms with Gasteiger partial charge in [-0.05, 0) is 49.3 Å². The third kappa shape index (κ3) is 4.52. The Kier molecular flexibility index (Phi) is 6.33. The number of carbonyl (C=O) groups is 2. The fourth-order valence-corrected chi connectivity index (χ4v) is 4.74. The van der Waals surface area contributed by atoms with Crippen molar-refractivity contribution in [3.63, 3.8) is 0 Å². The van der Waals surface area contributed by atoms with Crippen LogP contribution in [0.25, 0.3) is 0 Å². The van der Waals surface area contributed by atoms with E-state index in [4.69, 9.17) is 11.6 Å². The number of hydrogen-bond donors (Lipinski definition) is 1. The van der Waals surface area contributed by atoms with Crippen molar-refractivity contribution < 1.29 is 9.59 Å². The van der Waals surface area contributed by atoms with Crippen LogP contribution >= 0.6 is 11.6 Å². The van der Waals surface area contributed by atoms with Crippen molar-refractivity contribution >= 4 is 29.1 Å². The molecule has 0 aliphatic carbocycles. The lowest BCUT2D eigenvalue weighted by Crippen LogP contribution is -2.43. The van der Waals surface area contributed by atoms with Gasteiger partial charge < -0.3 is 15.1 Å². The van der Waals surface area contributed by atoms with Crippen LogP contribution in [0.4, 0.5) is 5.69 Å². The standard InChI is InChI=1S/C22H30ClN3O2/c1-14-10-15(2)13-25(12-14)22(28)19-11-18(23)7-8-20(19)24-16(3)21-6-5-9-26(21)17(4)27/h7-8,11,14-15,21,24H,3,5-6,9-10,12-13H2,1-2,4H3/t14-,15+,21-/m0/s1. The van der Waals surface area contributed by atoms with Gasteiger partial charge >= 0.3 is 0 Å². The Labute approximate surface area is 172 Å². The fourth-order valence-electron chi connectivity index (χ4n) is 4.56. The van der Waals surface area contributed by atoms with E-state index in [-0.39, 0.29) is 17.9 Å². The van der Waals surface area contributed by atoms with Gasteiger partial charge in [0.2, 0.25) is 5.91 Å². The molecule has 2 amide bonds. The molecule has 2 aliphatic heterocycles. The number of halogens is 1. The van der Waals surface area contributed by atoms with E-state index in [9.17, 15) is 9.59 Å². The summed E-state index contributed by atoms with van der Waals surface area (Å²) in [4.78, 5) is 28.9. The highest BCUT2D eigenvalue weighted by atomic mass is 35.5. The van der Waals surface area contributed by atoms with Crippen molar-refractivity contribution in [3.05, 3.63) is 41.1 Å². The number of carbonyl (C=O) groups excluding carboxylic acids is 2. The van der Waals surface area contributed by atoms with Crippen LogP contribution in [-0.4, -0.2) is 47.3 Å². The largest absolute Gasteiger partial charge is 0.357 e. The van der Waals surface area contributed by atoms with Crippen molar-refractivity contribution in [2.45, 2.75) is 46.1 Å². The van der Waals surface area contributed by atoms with Crippen molar-refractivity contribution in [3.8, 4) is 0 Å². The van der Waals surface area contributed by atoms with E-state index in [1.165, 1.54) is 0 Å². The van der Waals surface area contributed by atoms with Crippen LogP contribution in [0.3, 0.4) is 0 Å². The Morgan fingerprint density at radius 2 is 1.89 bits per heavy atom. The molecule has 0 aromatic heterocycles. The van der Waals surface area contributed by atoms with E-state index in [1.807, 2.05) is 15.9 Å². The SMILES string of the molecule is C=C(Nc1ccc(Cl)cc1C(=O)N1C[C@H](C)C[C@H](C)C1)[C@@H]1CCCN1C(C)=O. The highest BCUT2D eigenvalue weighted by molar-refractivity contribution is 6.31. The first-order valence-corrected chi connectivity index (χ1v) is 10.5. The lowest BCUT2D eigenvalue weighted by Gasteiger charge is -2.35. The zero-order valence-corrected chi connectivity index (χ0v) is 17.8. The van der Waals surface area contributed by atoms with Crippen molar-refractivity contribution in [1.82, 2.24) is 9.80 Å². The number of piperidine rings is 1. The van der Waals surface area contributed by atoms with E-state index in [0.29, 0.717) is 28.1 Å². The third-order valence-corrected chi connectivity index (χ3v) is 5.96. The van der Waals surface area contributed by atoms with Crippen LogP contribution in [0.1, 0.15) is 50.4 Å². The summed E-state index contributed by atoms with van der Waals surface area (Å²) < 4.78 is 0. The molecule has 152 valence electrons. The molecular formula is C22H30ClN3O2. The molecule has 6 heteroatoms. The molecule has 28 heavy (non-hydrogen) atoms. The summed E-state index contributed by atoms with van der Waals surface area (Å²) in [6.07, 6.45) is 2.98. The maximum absolute atomic E-state index is 13.3. The van der Waals surface area contributed by atoms with Crippen LogP contribution in [-0.2, 0) is 4.79 Å². The molecule has 0 radical (unpaired) electrons. The van der Waals surface area contributed by atoms with E-state index < -0.39 is 0 Å². The van der Waals surface area contributed by atoms with E-state index >= 15 is 0 Å². The van der Waals surface area contributed by atoms with E-state index in [1.54, 1.807) is 19.1 Å². The van der Waals surface area contributed by atoms with Crippen LogP contribution in [0.5, 0.6) is 0 Å². The van der Waals surface area contributed by atoms with Crippen LogP contribution in [0.2, 0.25) is 5.02 Å². The smallest absolute Gasteiger partial charge is 0.256 e. The lowest BCUT2D eigenvalue weighted by molar-refractivity contribution is -0.129. The monoisotopic (exact) mass is 403 g/mol. The predicted molar refractivity (Wildman–Crippen MR) is 113 cm³/mol. The van der Waals surface area contributed by atoms with E-state index in [2.05, 4.69) is 25.7 Å². The Bertz CT molecular complexity index is 769. The average molecular weight is 404 g/mol.